The number of anilines is 1. The van der Waals surface area contributed by atoms with Crippen LogP contribution >= 0.6 is 0 Å². The molecular formula is C16H20N4O2. The van der Waals surface area contributed by atoms with Crippen LogP contribution in [0.5, 0.6) is 0 Å². The highest BCUT2D eigenvalue weighted by atomic mass is 16.2. The van der Waals surface area contributed by atoms with Crippen LogP contribution in [0.15, 0.2) is 24.3 Å². The van der Waals surface area contributed by atoms with Gasteiger partial charge in [0.1, 0.15) is 0 Å². The van der Waals surface area contributed by atoms with E-state index in [1.54, 1.807) is 36.1 Å². The Balaban J connectivity index is 1.92. The van der Waals surface area contributed by atoms with E-state index in [0.29, 0.717) is 37.4 Å². The zero-order valence-corrected chi connectivity index (χ0v) is 12.9. The van der Waals surface area contributed by atoms with Crippen LogP contribution in [0.3, 0.4) is 0 Å². The van der Waals surface area contributed by atoms with Gasteiger partial charge in [0.05, 0.1) is 17.7 Å². The molecule has 0 spiro atoms. The first-order valence-corrected chi connectivity index (χ1v) is 7.32. The number of hydrogen-bond donors (Lipinski definition) is 1. The molecule has 0 saturated carbocycles. The zero-order valence-electron chi connectivity index (χ0n) is 12.9. The Morgan fingerprint density at radius 2 is 1.95 bits per heavy atom. The van der Waals surface area contributed by atoms with Gasteiger partial charge < -0.3 is 10.2 Å². The van der Waals surface area contributed by atoms with E-state index in [9.17, 15) is 9.59 Å². The minimum atomic E-state index is -0.278. The minimum Gasteiger partial charge on any atom is -0.340 e. The van der Waals surface area contributed by atoms with Crippen LogP contribution in [0.4, 0.5) is 5.69 Å². The van der Waals surface area contributed by atoms with Gasteiger partial charge >= 0.3 is 0 Å². The fourth-order valence-corrected chi connectivity index (χ4v) is 2.50. The fraction of sp³-hybridized carbons (Fsp3) is 0.438. The molecule has 116 valence electrons. The summed E-state index contributed by atoms with van der Waals surface area (Å²) >= 11 is 0. The standard InChI is InChI=1S/C16H20N4O2/c1-12(19-6-8-20(9-7-19)13(2)21)16(22)18-15-5-3-4-14(10-15)11-17/h3-5,10,12H,6-9H2,1-2H3,(H,18,22)/t12-/m1/s1. The Hall–Kier alpha value is -2.39. The van der Waals surface area contributed by atoms with Crippen LogP contribution in [0.25, 0.3) is 0 Å². The Morgan fingerprint density at radius 1 is 1.27 bits per heavy atom. The highest BCUT2D eigenvalue weighted by Gasteiger charge is 2.26. The molecule has 1 aromatic carbocycles. The molecule has 1 heterocycles. The predicted molar refractivity (Wildman–Crippen MR) is 83.1 cm³/mol. The molecule has 2 amide bonds. The molecule has 0 aliphatic carbocycles. The summed E-state index contributed by atoms with van der Waals surface area (Å²) < 4.78 is 0. The number of carbonyl (C=O) groups excluding carboxylic acids is 2. The van der Waals surface area contributed by atoms with Crippen LogP contribution in [0.1, 0.15) is 19.4 Å². The van der Waals surface area contributed by atoms with Crippen molar-refractivity contribution >= 4 is 17.5 Å². The first kappa shape index (κ1) is 16.0. The summed E-state index contributed by atoms with van der Waals surface area (Å²) in [7, 11) is 0. The van der Waals surface area contributed by atoms with Gasteiger partial charge in [-0.2, -0.15) is 5.26 Å². The summed E-state index contributed by atoms with van der Waals surface area (Å²) in [6.07, 6.45) is 0. The third-order valence-corrected chi connectivity index (χ3v) is 3.95. The Morgan fingerprint density at radius 3 is 2.55 bits per heavy atom. The number of rotatable bonds is 3. The van der Waals surface area contributed by atoms with Gasteiger partial charge in [-0.05, 0) is 25.1 Å². The lowest BCUT2D eigenvalue weighted by Crippen LogP contribution is -2.53. The third kappa shape index (κ3) is 3.83. The molecule has 6 heteroatoms. The Kier molecular flexibility index (Phi) is 5.12. The molecule has 0 bridgehead atoms. The lowest BCUT2D eigenvalue weighted by molar-refractivity contribution is -0.131. The number of nitrogens with zero attached hydrogens (tertiary/aromatic N) is 3. The van der Waals surface area contributed by atoms with Gasteiger partial charge in [0.2, 0.25) is 11.8 Å². The molecule has 0 radical (unpaired) electrons. The van der Waals surface area contributed by atoms with E-state index in [1.165, 1.54) is 0 Å². The molecule has 0 unspecified atom stereocenters. The van der Waals surface area contributed by atoms with E-state index in [1.807, 2.05) is 13.0 Å². The van der Waals surface area contributed by atoms with Crippen LogP contribution in [-0.4, -0.2) is 53.8 Å². The van der Waals surface area contributed by atoms with Crippen molar-refractivity contribution in [3.8, 4) is 6.07 Å². The first-order valence-electron chi connectivity index (χ1n) is 7.32. The highest BCUT2D eigenvalue weighted by molar-refractivity contribution is 5.94. The van der Waals surface area contributed by atoms with Crippen LogP contribution < -0.4 is 5.32 Å². The SMILES string of the molecule is CC(=O)N1CCN([C@H](C)C(=O)Nc2cccc(C#N)c2)CC1. The van der Waals surface area contributed by atoms with Crippen molar-refractivity contribution < 1.29 is 9.59 Å². The number of amides is 2. The molecule has 1 saturated heterocycles. The van der Waals surface area contributed by atoms with E-state index in [4.69, 9.17) is 5.26 Å². The first-order chi connectivity index (χ1) is 10.5. The second-order valence-electron chi connectivity index (χ2n) is 5.40. The lowest BCUT2D eigenvalue weighted by atomic mass is 10.2. The van der Waals surface area contributed by atoms with Gasteiger partial charge in [0.25, 0.3) is 0 Å². The van der Waals surface area contributed by atoms with Crippen molar-refractivity contribution in [1.82, 2.24) is 9.80 Å². The van der Waals surface area contributed by atoms with Gasteiger partial charge in [-0.1, -0.05) is 6.07 Å². The number of benzene rings is 1. The molecule has 22 heavy (non-hydrogen) atoms. The van der Waals surface area contributed by atoms with E-state index in [2.05, 4.69) is 10.2 Å². The summed E-state index contributed by atoms with van der Waals surface area (Å²) in [6.45, 7) is 6.09. The van der Waals surface area contributed by atoms with Crippen molar-refractivity contribution in [2.45, 2.75) is 19.9 Å². The van der Waals surface area contributed by atoms with Gasteiger partial charge in [-0.25, -0.2) is 0 Å². The average Bonchev–Trinajstić information content (AvgIpc) is 2.54. The number of hydrogen-bond acceptors (Lipinski definition) is 4. The normalized spacial score (nSPS) is 16.7. The molecule has 2 rings (SSSR count). The van der Waals surface area contributed by atoms with E-state index in [0.717, 1.165) is 0 Å². The summed E-state index contributed by atoms with van der Waals surface area (Å²) in [4.78, 5) is 27.5. The Bertz CT molecular complexity index is 600. The molecule has 0 aromatic heterocycles. The molecule has 6 nitrogen and oxygen atoms in total. The topological polar surface area (TPSA) is 76.4 Å². The van der Waals surface area contributed by atoms with Crippen molar-refractivity contribution in [2.75, 3.05) is 31.5 Å². The van der Waals surface area contributed by atoms with Crippen LogP contribution in [0.2, 0.25) is 0 Å². The number of piperazine rings is 1. The van der Waals surface area contributed by atoms with Crippen molar-refractivity contribution in [2.24, 2.45) is 0 Å². The molecule has 1 aliphatic rings. The molecular weight excluding hydrogens is 280 g/mol. The maximum atomic E-state index is 12.3. The lowest BCUT2D eigenvalue weighted by Gasteiger charge is -2.37. The molecule has 1 atom stereocenters. The van der Waals surface area contributed by atoms with Crippen LogP contribution in [-0.2, 0) is 9.59 Å². The Labute approximate surface area is 130 Å². The van der Waals surface area contributed by atoms with Crippen molar-refractivity contribution in [3.05, 3.63) is 29.8 Å². The predicted octanol–water partition coefficient (Wildman–Crippen LogP) is 1.05. The number of nitriles is 1. The third-order valence-electron chi connectivity index (χ3n) is 3.95. The van der Waals surface area contributed by atoms with E-state index < -0.39 is 0 Å². The molecule has 1 aliphatic heterocycles. The van der Waals surface area contributed by atoms with Crippen molar-refractivity contribution in [1.29, 1.82) is 5.26 Å². The second kappa shape index (κ2) is 7.05. The fourth-order valence-electron chi connectivity index (χ4n) is 2.50. The van der Waals surface area contributed by atoms with Gasteiger partial charge in [0.15, 0.2) is 0 Å². The minimum absolute atomic E-state index is 0.0741. The van der Waals surface area contributed by atoms with E-state index in [-0.39, 0.29) is 17.9 Å². The maximum absolute atomic E-state index is 12.3. The summed E-state index contributed by atoms with van der Waals surface area (Å²) in [5, 5.41) is 11.7. The number of carbonyl (C=O) groups is 2. The smallest absolute Gasteiger partial charge is 0.241 e. The molecule has 1 fully saturated rings. The quantitative estimate of drug-likeness (QED) is 0.905. The van der Waals surface area contributed by atoms with Crippen LogP contribution in [0, 0.1) is 11.3 Å². The summed E-state index contributed by atoms with van der Waals surface area (Å²) in [6, 6.07) is 8.62. The summed E-state index contributed by atoms with van der Waals surface area (Å²) in [5.41, 5.74) is 1.14. The van der Waals surface area contributed by atoms with Crippen molar-refractivity contribution in [3.63, 3.8) is 0 Å². The number of nitrogens with one attached hydrogen (secondary N) is 1. The average molecular weight is 300 g/mol. The van der Waals surface area contributed by atoms with Gasteiger partial charge in [-0.15, -0.1) is 0 Å². The zero-order chi connectivity index (χ0) is 16.1. The molecule has 1 aromatic rings. The monoisotopic (exact) mass is 300 g/mol. The molecule has 1 N–H and O–H groups in total. The largest absolute Gasteiger partial charge is 0.340 e. The maximum Gasteiger partial charge on any atom is 0.241 e. The van der Waals surface area contributed by atoms with E-state index >= 15 is 0 Å². The van der Waals surface area contributed by atoms with Gasteiger partial charge in [-0.3, -0.25) is 14.5 Å². The van der Waals surface area contributed by atoms with Gasteiger partial charge in [0, 0.05) is 38.8 Å². The summed E-state index contributed by atoms with van der Waals surface area (Å²) in [5.74, 6) is -0.0311. The second-order valence-corrected chi connectivity index (χ2v) is 5.40. The highest BCUT2D eigenvalue weighted by Crippen LogP contribution is 2.12.